The first-order valence-corrected chi connectivity index (χ1v) is 7.58. The topological polar surface area (TPSA) is 107 Å². The van der Waals surface area contributed by atoms with Crippen LogP contribution >= 0.6 is 0 Å². The van der Waals surface area contributed by atoms with Crippen LogP contribution in [-0.4, -0.2) is 92.8 Å². The fourth-order valence-corrected chi connectivity index (χ4v) is 2.17. The van der Waals surface area contributed by atoms with Crippen LogP contribution in [-0.2, 0) is 23.7 Å². The maximum Gasteiger partial charge on any atom is 0.186 e. The standard InChI is InChI=1S/C14H28O8/c1-3-4-19-5-6-20-7-8-21-14-12(17)11(16)13(18-2)10(9-15)22-14/h10-17H,3-9H2,1-2H3/t10-,11-,12+,13-,14+/m0/s1. The summed E-state index contributed by atoms with van der Waals surface area (Å²) in [6, 6.07) is 0. The van der Waals surface area contributed by atoms with Gasteiger partial charge in [-0.2, -0.15) is 0 Å². The van der Waals surface area contributed by atoms with E-state index >= 15 is 0 Å². The van der Waals surface area contributed by atoms with Crippen molar-refractivity contribution in [2.75, 3.05) is 46.8 Å². The number of aliphatic hydroxyl groups excluding tert-OH is 3. The lowest BCUT2D eigenvalue weighted by molar-refractivity contribution is -0.305. The van der Waals surface area contributed by atoms with Gasteiger partial charge < -0.3 is 39.0 Å². The summed E-state index contributed by atoms with van der Waals surface area (Å²) in [5.74, 6) is 0. The molecule has 5 atom stereocenters. The molecule has 1 heterocycles. The molecule has 0 aromatic rings. The van der Waals surface area contributed by atoms with E-state index in [4.69, 9.17) is 23.7 Å². The highest BCUT2D eigenvalue weighted by molar-refractivity contribution is 4.89. The second-order valence-corrected chi connectivity index (χ2v) is 5.00. The molecule has 0 bridgehead atoms. The lowest BCUT2D eigenvalue weighted by Gasteiger charge is -2.41. The van der Waals surface area contributed by atoms with Gasteiger partial charge in [0.1, 0.15) is 24.4 Å². The first-order valence-electron chi connectivity index (χ1n) is 7.58. The third-order valence-electron chi connectivity index (χ3n) is 3.32. The number of rotatable bonds is 11. The Bertz CT molecular complexity index is 276. The van der Waals surface area contributed by atoms with Gasteiger partial charge in [0.15, 0.2) is 6.29 Å². The quantitative estimate of drug-likeness (QED) is 0.411. The van der Waals surface area contributed by atoms with Gasteiger partial charge in [-0.25, -0.2) is 0 Å². The minimum atomic E-state index is -1.25. The van der Waals surface area contributed by atoms with Crippen LogP contribution in [0.5, 0.6) is 0 Å². The van der Waals surface area contributed by atoms with Crippen molar-refractivity contribution in [2.45, 2.75) is 44.1 Å². The molecular formula is C14H28O8. The average molecular weight is 324 g/mol. The van der Waals surface area contributed by atoms with Gasteiger partial charge in [0, 0.05) is 13.7 Å². The normalized spacial score (nSPS) is 32.3. The Hall–Kier alpha value is -0.320. The van der Waals surface area contributed by atoms with E-state index in [9.17, 15) is 15.3 Å². The SMILES string of the molecule is CCCOCCOCCO[C@@H]1O[C@@H](CO)[C@H](OC)[C@@H](O)[C@H]1O. The number of aliphatic hydroxyl groups is 3. The van der Waals surface area contributed by atoms with E-state index in [2.05, 4.69) is 0 Å². The molecule has 0 aromatic carbocycles. The molecule has 0 radical (unpaired) electrons. The summed E-state index contributed by atoms with van der Waals surface area (Å²) in [5.41, 5.74) is 0. The zero-order valence-corrected chi connectivity index (χ0v) is 13.2. The fraction of sp³-hybridized carbons (Fsp3) is 1.00. The molecule has 8 heteroatoms. The average Bonchev–Trinajstić information content (AvgIpc) is 2.53. The smallest absolute Gasteiger partial charge is 0.186 e. The van der Waals surface area contributed by atoms with Crippen LogP contribution in [0.4, 0.5) is 0 Å². The molecule has 0 spiro atoms. The van der Waals surface area contributed by atoms with E-state index in [-0.39, 0.29) is 13.2 Å². The highest BCUT2D eigenvalue weighted by Crippen LogP contribution is 2.23. The minimum Gasteiger partial charge on any atom is -0.394 e. The summed E-state index contributed by atoms with van der Waals surface area (Å²) >= 11 is 0. The highest BCUT2D eigenvalue weighted by atomic mass is 16.7. The Balaban J connectivity index is 2.22. The summed E-state index contributed by atoms with van der Waals surface area (Å²) in [6.07, 6.45) is -4.05. The summed E-state index contributed by atoms with van der Waals surface area (Å²) in [6.45, 7) is 3.90. The molecule has 1 aliphatic heterocycles. The zero-order valence-electron chi connectivity index (χ0n) is 13.2. The third kappa shape index (κ3) is 6.05. The van der Waals surface area contributed by atoms with Gasteiger partial charge in [0.25, 0.3) is 0 Å². The van der Waals surface area contributed by atoms with Gasteiger partial charge in [-0.15, -0.1) is 0 Å². The Labute approximate surface area is 130 Å². The molecule has 0 unspecified atom stereocenters. The summed E-state index contributed by atoms with van der Waals surface area (Å²) < 4.78 is 26.3. The molecule has 1 fully saturated rings. The van der Waals surface area contributed by atoms with Gasteiger partial charge in [-0.05, 0) is 6.42 Å². The van der Waals surface area contributed by atoms with E-state index in [1.54, 1.807) is 0 Å². The van der Waals surface area contributed by atoms with Crippen LogP contribution in [0.15, 0.2) is 0 Å². The summed E-state index contributed by atoms with van der Waals surface area (Å²) in [7, 11) is 1.38. The third-order valence-corrected chi connectivity index (χ3v) is 3.32. The van der Waals surface area contributed by atoms with Crippen LogP contribution in [0, 0.1) is 0 Å². The maximum atomic E-state index is 9.94. The molecule has 3 N–H and O–H groups in total. The van der Waals surface area contributed by atoms with Gasteiger partial charge in [-0.3, -0.25) is 0 Å². The predicted molar refractivity (Wildman–Crippen MR) is 76.4 cm³/mol. The van der Waals surface area contributed by atoms with Crippen molar-refractivity contribution in [3.63, 3.8) is 0 Å². The molecular weight excluding hydrogens is 296 g/mol. The molecule has 1 rings (SSSR count). The van der Waals surface area contributed by atoms with Crippen LogP contribution in [0.25, 0.3) is 0 Å². The van der Waals surface area contributed by atoms with Crippen LogP contribution in [0.2, 0.25) is 0 Å². The maximum absolute atomic E-state index is 9.94. The Kier molecular flexibility index (Phi) is 10.1. The second-order valence-electron chi connectivity index (χ2n) is 5.00. The number of methoxy groups -OCH3 is 1. The van der Waals surface area contributed by atoms with Gasteiger partial charge in [-0.1, -0.05) is 6.92 Å². The van der Waals surface area contributed by atoms with Crippen molar-refractivity contribution >= 4 is 0 Å². The summed E-state index contributed by atoms with van der Waals surface area (Å²) in [4.78, 5) is 0. The Morgan fingerprint density at radius 3 is 2.18 bits per heavy atom. The van der Waals surface area contributed by atoms with Gasteiger partial charge >= 0.3 is 0 Å². The molecule has 1 aliphatic rings. The minimum absolute atomic E-state index is 0.192. The van der Waals surface area contributed by atoms with Crippen LogP contribution in [0.3, 0.4) is 0 Å². The van der Waals surface area contributed by atoms with E-state index in [1.165, 1.54) is 7.11 Å². The van der Waals surface area contributed by atoms with E-state index in [1.807, 2.05) is 6.92 Å². The Morgan fingerprint density at radius 1 is 0.955 bits per heavy atom. The van der Waals surface area contributed by atoms with Crippen molar-refractivity contribution in [3.05, 3.63) is 0 Å². The van der Waals surface area contributed by atoms with Gasteiger partial charge in [0.2, 0.25) is 0 Å². The lowest BCUT2D eigenvalue weighted by Crippen LogP contribution is -2.59. The molecule has 0 amide bonds. The van der Waals surface area contributed by atoms with Crippen molar-refractivity contribution in [1.29, 1.82) is 0 Å². The molecule has 132 valence electrons. The van der Waals surface area contributed by atoms with E-state index in [0.717, 1.165) is 6.42 Å². The first kappa shape index (κ1) is 19.7. The van der Waals surface area contributed by atoms with Crippen LogP contribution in [0.1, 0.15) is 13.3 Å². The summed E-state index contributed by atoms with van der Waals surface area (Å²) in [5, 5.41) is 29.1. The first-order chi connectivity index (χ1) is 10.7. The number of hydrogen-bond acceptors (Lipinski definition) is 8. The second kappa shape index (κ2) is 11.3. The van der Waals surface area contributed by atoms with Crippen LogP contribution < -0.4 is 0 Å². The van der Waals surface area contributed by atoms with Crippen molar-refractivity contribution in [3.8, 4) is 0 Å². The van der Waals surface area contributed by atoms with E-state index in [0.29, 0.717) is 26.4 Å². The lowest BCUT2D eigenvalue weighted by atomic mass is 9.99. The molecule has 22 heavy (non-hydrogen) atoms. The fourth-order valence-electron chi connectivity index (χ4n) is 2.17. The highest BCUT2D eigenvalue weighted by Gasteiger charge is 2.45. The Morgan fingerprint density at radius 2 is 1.59 bits per heavy atom. The van der Waals surface area contributed by atoms with Crippen molar-refractivity contribution < 1.29 is 39.0 Å². The zero-order chi connectivity index (χ0) is 16.4. The van der Waals surface area contributed by atoms with Crippen molar-refractivity contribution in [2.24, 2.45) is 0 Å². The number of ether oxygens (including phenoxy) is 5. The monoisotopic (exact) mass is 324 g/mol. The van der Waals surface area contributed by atoms with Crippen molar-refractivity contribution in [1.82, 2.24) is 0 Å². The molecule has 0 saturated carbocycles. The molecule has 8 nitrogen and oxygen atoms in total. The molecule has 0 aromatic heterocycles. The molecule has 1 saturated heterocycles. The largest absolute Gasteiger partial charge is 0.394 e. The number of hydrogen-bond donors (Lipinski definition) is 3. The van der Waals surface area contributed by atoms with Gasteiger partial charge in [0.05, 0.1) is 33.0 Å². The molecule has 0 aliphatic carbocycles. The van der Waals surface area contributed by atoms with E-state index < -0.39 is 30.7 Å². The predicted octanol–water partition coefficient (Wildman–Crippen LogP) is -1.10.